The Bertz CT molecular complexity index is 725. The standard InChI is InChI=1S/C28H36/c1-3-5-7-9-23-11-15-25(16-12-23)27-19-21-28(22-20-27)26-17-13-24(14-18-26)10-8-6-4-2/h3,8,10-12,15-16,19-22,24,26H,1,4-7,9,13-14,17-18H2,2H3. The summed E-state index contributed by atoms with van der Waals surface area (Å²) in [6.45, 7) is 6.06. The summed E-state index contributed by atoms with van der Waals surface area (Å²) in [6.07, 6.45) is 18.2. The van der Waals surface area contributed by atoms with Gasteiger partial charge in [0.25, 0.3) is 0 Å². The van der Waals surface area contributed by atoms with Crippen molar-refractivity contribution in [3.8, 4) is 11.1 Å². The molecule has 0 heteroatoms. The van der Waals surface area contributed by atoms with E-state index in [-0.39, 0.29) is 0 Å². The molecule has 2 aromatic rings. The molecule has 0 heterocycles. The zero-order valence-electron chi connectivity index (χ0n) is 17.6. The molecule has 0 nitrogen and oxygen atoms in total. The van der Waals surface area contributed by atoms with Crippen LogP contribution in [0.4, 0.5) is 0 Å². The van der Waals surface area contributed by atoms with Crippen molar-refractivity contribution in [3.63, 3.8) is 0 Å². The monoisotopic (exact) mass is 372 g/mol. The van der Waals surface area contributed by atoms with Crippen LogP contribution in [-0.4, -0.2) is 0 Å². The summed E-state index contributed by atoms with van der Waals surface area (Å²) >= 11 is 0. The summed E-state index contributed by atoms with van der Waals surface area (Å²) in [7, 11) is 0. The van der Waals surface area contributed by atoms with Crippen molar-refractivity contribution >= 4 is 0 Å². The summed E-state index contributed by atoms with van der Waals surface area (Å²) in [4.78, 5) is 0. The highest BCUT2D eigenvalue weighted by atomic mass is 14.3. The van der Waals surface area contributed by atoms with Gasteiger partial charge in [0.15, 0.2) is 0 Å². The quantitative estimate of drug-likeness (QED) is 0.306. The fourth-order valence-electron chi connectivity index (χ4n) is 4.36. The molecule has 0 unspecified atom stereocenters. The number of benzene rings is 2. The number of aryl methyl sites for hydroxylation is 1. The van der Waals surface area contributed by atoms with Crippen LogP contribution >= 0.6 is 0 Å². The number of hydrogen-bond acceptors (Lipinski definition) is 0. The van der Waals surface area contributed by atoms with Crippen LogP contribution in [0.2, 0.25) is 0 Å². The van der Waals surface area contributed by atoms with Gasteiger partial charge in [-0.05, 0) is 85.5 Å². The maximum Gasteiger partial charge on any atom is -0.0162 e. The lowest BCUT2D eigenvalue weighted by atomic mass is 9.78. The van der Waals surface area contributed by atoms with Gasteiger partial charge in [-0.2, -0.15) is 0 Å². The van der Waals surface area contributed by atoms with Crippen molar-refractivity contribution in [2.45, 2.75) is 70.6 Å². The van der Waals surface area contributed by atoms with E-state index in [1.54, 1.807) is 0 Å². The van der Waals surface area contributed by atoms with E-state index in [1.807, 2.05) is 6.08 Å². The lowest BCUT2D eigenvalue weighted by Crippen LogP contribution is -2.11. The molecule has 0 bridgehead atoms. The fraction of sp³-hybridized carbons (Fsp3) is 0.429. The molecule has 1 saturated carbocycles. The Hall–Kier alpha value is -2.08. The van der Waals surface area contributed by atoms with Crippen LogP contribution < -0.4 is 0 Å². The first-order chi connectivity index (χ1) is 13.8. The van der Waals surface area contributed by atoms with Crippen molar-refractivity contribution in [1.29, 1.82) is 0 Å². The zero-order chi connectivity index (χ0) is 19.6. The van der Waals surface area contributed by atoms with Crippen molar-refractivity contribution < 1.29 is 0 Å². The minimum Gasteiger partial charge on any atom is -0.103 e. The van der Waals surface area contributed by atoms with E-state index < -0.39 is 0 Å². The van der Waals surface area contributed by atoms with Crippen molar-refractivity contribution in [2.24, 2.45) is 5.92 Å². The van der Waals surface area contributed by atoms with E-state index in [1.165, 1.54) is 67.2 Å². The Morgan fingerprint density at radius 2 is 1.50 bits per heavy atom. The van der Waals surface area contributed by atoms with Gasteiger partial charge in [-0.15, -0.1) is 6.58 Å². The minimum absolute atomic E-state index is 0.747. The van der Waals surface area contributed by atoms with Crippen LogP contribution in [0.15, 0.2) is 73.3 Å². The molecule has 2 aromatic carbocycles. The van der Waals surface area contributed by atoms with Crippen molar-refractivity contribution in [1.82, 2.24) is 0 Å². The smallest absolute Gasteiger partial charge is 0.0162 e. The van der Waals surface area contributed by atoms with Gasteiger partial charge < -0.3 is 0 Å². The first-order valence-corrected chi connectivity index (χ1v) is 11.3. The van der Waals surface area contributed by atoms with Gasteiger partial charge >= 0.3 is 0 Å². The van der Waals surface area contributed by atoms with E-state index >= 15 is 0 Å². The van der Waals surface area contributed by atoms with E-state index in [0.717, 1.165) is 24.7 Å². The third-order valence-corrected chi connectivity index (χ3v) is 6.18. The zero-order valence-corrected chi connectivity index (χ0v) is 17.6. The van der Waals surface area contributed by atoms with E-state index in [9.17, 15) is 0 Å². The first-order valence-electron chi connectivity index (χ1n) is 11.3. The molecule has 0 radical (unpaired) electrons. The van der Waals surface area contributed by atoms with Crippen LogP contribution in [0, 0.1) is 5.92 Å². The molecule has 1 aliphatic carbocycles. The van der Waals surface area contributed by atoms with E-state index in [0.29, 0.717) is 0 Å². The molecule has 0 saturated heterocycles. The number of hydrogen-bond donors (Lipinski definition) is 0. The molecule has 0 amide bonds. The highest BCUT2D eigenvalue weighted by molar-refractivity contribution is 5.64. The van der Waals surface area contributed by atoms with Gasteiger partial charge in [-0.25, -0.2) is 0 Å². The van der Waals surface area contributed by atoms with Gasteiger partial charge in [0.2, 0.25) is 0 Å². The Kier molecular flexibility index (Phi) is 8.15. The number of unbranched alkanes of at least 4 members (excludes halogenated alkanes) is 2. The highest BCUT2D eigenvalue weighted by Gasteiger charge is 2.20. The second-order valence-corrected chi connectivity index (χ2v) is 8.33. The summed E-state index contributed by atoms with van der Waals surface area (Å²) in [5.41, 5.74) is 5.61. The Morgan fingerprint density at radius 1 is 0.857 bits per heavy atom. The van der Waals surface area contributed by atoms with Gasteiger partial charge in [0.1, 0.15) is 0 Å². The number of rotatable bonds is 9. The molecular formula is C28H36. The SMILES string of the molecule is C=CCCCc1ccc(-c2ccc(C3CCC(C=CCCC)CC3)cc2)cc1. The topological polar surface area (TPSA) is 0 Å². The highest BCUT2D eigenvalue weighted by Crippen LogP contribution is 2.37. The molecular weight excluding hydrogens is 336 g/mol. The van der Waals surface area contributed by atoms with Crippen molar-refractivity contribution in [2.75, 3.05) is 0 Å². The minimum atomic E-state index is 0.747. The molecule has 3 rings (SSSR count). The fourth-order valence-corrected chi connectivity index (χ4v) is 4.36. The van der Waals surface area contributed by atoms with Gasteiger partial charge in [0.05, 0.1) is 0 Å². The molecule has 1 fully saturated rings. The average Bonchev–Trinajstić information content (AvgIpc) is 2.75. The summed E-state index contributed by atoms with van der Waals surface area (Å²) < 4.78 is 0. The maximum absolute atomic E-state index is 3.80. The summed E-state index contributed by atoms with van der Waals surface area (Å²) in [6, 6.07) is 18.5. The Labute approximate surface area is 172 Å². The van der Waals surface area contributed by atoms with Crippen LogP contribution in [0.5, 0.6) is 0 Å². The molecule has 0 aromatic heterocycles. The van der Waals surface area contributed by atoms with Crippen LogP contribution in [0.3, 0.4) is 0 Å². The number of allylic oxidation sites excluding steroid dienone is 3. The normalized spacial score (nSPS) is 19.8. The molecule has 1 aliphatic rings. The molecule has 0 N–H and O–H groups in total. The second kappa shape index (κ2) is 11.1. The predicted molar refractivity (Wildman–Crippen MR) is 124 cm³/mol. The summed E-state index contributed by atoms with van der Waals surface area (Å²) in [5.74, 6) is 1.56. The molecule has 0 aliphatic heterocycles. The van der Waals surface area contributed by atoms with E-state index in [4.69, 9.17) is 0 Å². The summed E-state index contributed by atoms with van der Waals surface area (Å²) in [5, 5.41) is 0. The third kappa shape index (κ3) is 5.96. The van der Waals surface area contributed by atoms with E-state index in [2.05, 4.69) is 74.2 Å². The predicted octanol–water partition coefficient (Wildman–Crippen LogP) is 8.49. The second-order valence-electron chi connectivity index (χ2n) is 8.33. The van der Waals surface area contributed by atoms with Gasteiger partial charge in [0, 0.05) is 0 Å². The molecule has 0 atom stereocenters. The lowest BCUT2D eigenvalue weighted by Gasteiger charge is -2.27. The largest absolute Gasteiger partial charge is 0.103 e. The average molecular weight is 373 g/mol. The maximum atomic E-state index is 3.80. The Morgan fingerprint density at radius 3 is 2.11 bits per heavy atom. The third-order valence-electron chi connectivity index (χ3n) is 6.18. The lowest BCUT2D eigenvalue weighted by molar-refractivity contribution is 0.375. The van der Waals surface area contributed by atoms with Crippen LogP contribution in [-0.2, 0) is 6.42 Å². The molecule has 148 valence electrons. The van der Waals surface area contributed by atoms with Crippen LogP contribution in [0.25, 0.3) is 11.1 Å². The van der Waals surface area contributed by atoms with Gasteiger partial charge in [-0.1, -0.05) is 80.1 Å². The van der Waals surface area contributed by atoms with Gasteiger partial charge in [-0.3, -0.25) is 0 Å². The van der Waals surface area contributed by atoms with Crippen molar-refractivity contribution in [3.05, 3.63) is 84.5 Å². The Balaban J connectivity index is 1.54. The molecule has 0 spiro atoms. The first kappa shape index (κ1) is 20.6. The molecule has 28 heavy (non-hydrogen) atoms. The van der Waals surface area contributed by atoms with Crippen LogP contribution in [0.1, 0.15) is 75.3 Å².